The molecule has 1 aliphatic carbocycles. The molecule has 6 heteroatoms. The van der Waals surface area contributed by atoms with Crippen LogP contribution in [0.4, 0.5) is 11.5 Å². The first kappa shape index (κ1) is 18.0. The minimum atomic E-state index is 0.00360. The van der Waals surface area contributed by atoms with E-state index in [1.54, 1.807) is 29.5 Å². The van der Waals surface area contributed by atoms with Gasteiger partial charge >= 0.3 is 0 Å². The standard InChI is InChI=1S/C19H24ClN3O2/c1-13-10-17(12-25-13)23(18-9-6-15(20)11-21-18)19(24)14-4-7-16(8-5-14)22(2)3/h6,9-12,14,16H,4-5,7-8H2,1-3H3. The summed E-state index contributed by atoms with van der Waals surface area (Å²) in [6.45, 7) is 1.86. The first-order valence-electron chi connectivity index (χ1n) is 8.63. The van der Waals surface area contributed by atoms with Crippen LogP contribution >= 0.6 is 11.6 Å². The van der Waals surface area contributed by atoms with Gasteiger partial charge in [-0.15, -0.1) is 0 Å². The van der Waals surface area contributed by atoms with Gasteiger partial charge in [0.2, 0.25) is 5.91 Å². The first-order chi connectivity index (χ1) is 12.0. The summed E-state index contributed by atoms with van der Waals surface area (Å²) in [6, 6.07) is 5.94. The number of carbonyl (C=O) groups excluding carboxylic acids is 1. The molecule has 2 aromatic heterocycles. The van der Waals surface area contributed by atoms with Gasteiger partial charge in [0.25, 0.3) is 0 Å². The number of anilines is 2. The third kappa shape index (κ3) is 4.05. The van der Waals surface area contributed by atoms with E-state index in [0.717, 1.165) is 31.4 Å². The maximum Gasteiger partial charge on any atom is 0.235 e. The second-order valence-electron chi connectivity index (χ2n) is 6.89. The number of rotatable bonds is 4. The molecule has 1 amide bonds. The minimum absolute atomic E-state index is 0.00360. The van der Waals surface area contributed by atoms with Crippen molar-refractivity contribution in [3.8, 4) is 0 Å². The predicted molar refractivity (Wildman–Crippen MR) is 99.3 cm³/mol. The summed E-state index contributed by atoms with van der Waals surface area (Å²) in [5.74, 6) is 1.42. The molecule has 0 bridgehead atoms. The van der Waals surface area contributed by atoms with Crippen molar-refractivity contribution in [3.05, 3.63) is 41.4 Å². The highest BCUT2D eigenvalue weighted by Gasteiger charge is 2.32. The second-order valence-corrected chi connectivity index (χ2v) is 7.33. The molecule has 5 nitrogen and oxygen atoms in total. The van der Waals surface area contributed by atoms with Crippen molar-refractivity contribution < 1.29 is 9.21 Å². The maximum absolute atomic E-state index is 13.3. The summed E-state index contributed by atoms with van der Waals surface area (Å²) in [7, 11) is 4.20. The minimum Gasteiger partial charge on any atom is -0.467 e. The zero-order valence-corrected chi connectivity index (χ0v) is 15.7. The average molecular weight is 362 g/mol. The fraction of sp³-hybridized carbons (Fsp3) is 0.474. The molecule has 134 valence electrons. The van der Waals surface area contributed by atoms with E-state index in [1.807, 2.05) is 13.0 Å². The zero-order chi connectivity index (χ0) is 18.0. The van der Waals surface area contributed by atoms with Crippen molar-refractivity contribution in [1.82, 2.24) is 9.88 Å². The Morgan fingerprint density at radius 3 is 2.48 bits per heavy atom. The van der Waals surface area contributed by atoms with Crippen LogP contribution in [0.3, 0.4) is 0 Å². The van der Waals surface area contributed by atoms with Gasteiger partial charge in [0.05, 0.1) is 10.7 Å². The number of pyridine rings is 1. The number of aryl methyl sites for hydroxylation is 1. The van der Waals surface area contributed by atoms with E-state index in [1.165, 1.54) is 0 Å². The van der Waals surface area contributed by atoms with Crippen LogP contribution < -0.4 is 4.90 Å². The van der Waals surface area contributed by atoms with Crippen molar-refractivity contribution in [3.63, 3.8) is 0 Å². The zero-order valence-electron chi connectivity index (χ0n) is 14.9. The highest BCUT2D eigenvalue weighted by atomic mass is 35.5. The average Bonchev–Trinajstić information content (AvgIpc) is 3.03. The Labute approximate surface area is 153 Å². The lowest BCUT2D eigenvalue weighted by atomic mass is 9.84. The molecule has 0 aliphatic heterocycles. The Bertz CT molecular complexity index is 719. The van der Waals surface area contributed by atoms with Gasteiger partial charge in [-0.3, -0.25) is 9.69 Å². The number of furan rings is 1. The van der Waals surface area contributed by atoms with Crippen LogP contribution in [0.5, 0.6) is 0 Å². The molecule has 1 fully saturated rings. The number of amides is 1. The van der Waals surface area contributed by atoms with Crippen molar-refractivity contribution in [1.29, 1.82) is 0 Å². The van der Waals surface area contributed by atoms with E-state index < -0.39 is 0 Å². The van der Waals surface area contributed by atoms with Crippen molar-refractivity contribution in [2.75, 3.05) is 19.0 Å². The van der Waals surface area contributed by atoms with Gasteiger partial charge < -0.3 is 9.32 Å². The Balaban J connectivity index is 1.84. The molecular formula is C19H24ClN3O2. The molecule has 0 N–H and O–H groups in total. The van der Waals surface area contributed by atoms with E-state index in [9.17, 15) is 4.79 Å². The van der Waals surface area contributed by atoms with Gasteiger partial charge in [-0.1, -0.05) is 11.6 Å². The molecule has 0 atom stereocenters. The van der Waals surface area contributed by atoms with Crippen LogP contribution in [0.2, 0.25) is 5.02 Å². The van der Waals surface area contributed by atoms with Crippen LogP contribution in [0.15, 0.2) is 35.1 Å². The topological polar surface area (TPSA) is 49.6 Å². The van der Waals surface area contributed by atoms with Crippen LogP contribution in [-0.2, 0) is 4.79 Å². The largest absolute Gasteiger partial charge is 0.467 e. The summed E-state index contributed by atoms with van der Waals surface area (Å²) in [4.78, 5) is 21.5. The highest BCUT2D eigenvalue weighted by Crippen LogP contribution is 2.33. The van der Waals surface area contributed by atoms with Gasteiger partial charge in [-0.05, 0) is 58.8 Å². The van der Waals surface area contributed by atoms with Crippen LogP contribution in [0, 0.1) is 12.8 Å². The van der Waals surface area contributed by atoms with E-state index in [-0.39, 0.29) is 11.8 Å². The van der Waals surface area contributed by atoms with E-state index in [0.29, 0.717) is 22.6 Å². The number of aromatic nitrogens is 1. The van der Waals surface area contributed by atoms with Gasteiger partial charge in [-0.25, -0.2) is 4.98 Å². The number of hydrogen-bond donors (Lipinski definition) is 0. The lowest BCUT2D eigenvalue weighted by Crippen LogP contribution is -2.39. The lowest BCUT2D eigenvalue weighted by molar-refractivity contribution is -0.122. The summed E-state index contributed by atoms with van der Waals surface area (Å²) in [5.41, 5.74) is 0.715. The molecule has 2 aromatic rings. The number of halogens is 1. The van der Waals surface area contributed by atoms with Gasteiger partial charge in [0, 0.05) is 24.2 Å². The maximum atomic E-state index is 13.3. The molecule has 0 radical (unpaired) electrons. The fourth-order valence-electron chi connectivity index (χ4n) is 3.44. The first-order valence-corrected chi connectivity index (χ1v) is 9.00. The lowest BCUT2D eigenvalue weighted by Gasteiger charge is -2.34. The van der Waals surface area contributed by atoms with E-state index in [2.05, 4.69) is 24.0 Å². The summed E-state index contributed by atoms with van der Waals surface area (Å²) in [5, 5.41) is 0.547. The molecule has 0 unspecified atom stereocenters. The third-order valence-electron chi connectivity index (χ3n) is 4.91. The second kappa shape index (κ2) is 7.58. The number of hydrogen-bond acceptors (Lipinski definition) is 4. The van der Waals surface area contributed by atoms with Crippen molar-refractivity contribution in [2.24, 2.45) is 5.92 Å². The van der Waals surface area contributed by atoms with Crippen molar-refractivity contribution >= 4 is 29.0 Å². The Morgan fingerprint density at radius 2 is 1.96 bits per heavy atom. The van der Waals surface area contributed by atoms with Crippen LogP contribution in [0.25, 0.3) is 0 Å². The molecule has 25 heavy (non-hydrogen) atoms. The SMILES string of the molecule is Cc1cc(N(C(=O)C2CCC(N(C)C)CC2)c2ccc(Cl)cn2)co1. The molecule has 1 aliphatic rings. The molecule has 3 rings (SSSR count). The third-order valence-corrected chi connectivity index (χ3v) is 5.14. The molecular weight excluding hydrogens is 338 g/mol. The predicted octanol–water partition coefficient (Wildman–Crippen LogP) is 4.42. The smallest absolute Gasteiger partial charge is 0.235 e. The van der Waals surface area contributed by atoms with Crippen molar-refractivity contribution in [2.45, 2.75) is 38.6 Å². The van der Waals surface area contributed by atoms with Crippen LogP contribution in [0.1, 0.15) is 31.4 Å². The summed E-state index contributed by atoms with van der Waals surface area (Å²) in [6.07, 6.45) is 7.03. The normalized spacial score (nSPS) is 20.7. The van der Waals surface area contributed by atoms with Gasteiger partial charge in [0.1, 0.15) is 17.8 Å². The quantitative estimate of drug-likeness (QED) is 0.808. The van der Waals surface area contributed by atoms with Gasteiger partial charge in [-0.2, -0.15) is 0 Å². The van der Waals surface area contributed by atoms with Crippen LogP contribution in [-0.4, -0.2) is 35.9 Å². The Hall–Kier alpha value is -1.85. The highest BCUT2D eigenvalue weighted by molar-refractivity contribution is 6.30. The molecule has 2 heterocycles. The number of nitrogens with zero attached hydrogens (tertiary/aromatic N) is 3. The monoisotopic (exact) mass is 361 g/mol. The summed E-state index contributed by atoms with van der Waals surface area (Å²) < 4.78 is 5.42. The van der Waals surface area contributed by atoms with Gasteiger partial charge in [0.15, 0.2) is 0 Å². The van der Waals surface area contributed by atoms with E-state index in [4.69, 9.17) is 16.0 Å². The summed E-state index contributed by atoms with van der Waals surface area (Å²) >= 11 is 5.95. The number of carbonyl (C=O) groups is 1. The molecule has 0 aromatic carbocycles. The fourth-order valence-corrected chi connectivity index (χ4v) is 3.55. The molecule has 1 saturated carbocycles. The molecule has 0 spiro atoms. The molecule has 0 saturated heterocycles. The van der Waals surface area contributed by atoms with E-state index >= 15 is 0 Å². The Kier molecular flexibility index (Phi) is 5.45. The Morgan fingerprint density at radius 1 is 1.24 bits per heavy atom.